The van der Waals surface area contributed by atoms with Crippen LogP contribution in [0.15, 0.2) is 52.4 Å². The summed E-state index contributed by atoms with van der Waals surface area (Å²) in [6.45, 7) is 2.35. The van der Waals surface area contributed by atoms with Crippen LogP contribution in [0.3, 0.4) is 0 Å². The lowest BCUT2D eigenvalue weighted by Gasteiger charge is -2.12. The first-order chi connectivity index (χ1) is 14.5. The number of carbonyl (C=O) groups excluding carboxylic acids is 2. The van der Waals surface area contributed by atoms with Gasteiger partial charge in [0.15, 0.2) is 16.7 Å². The number of amidine groups is 1. The van der Waals surface area contributed by atoms with E-state index in [0.29, 0.717) is 39.4 Å². The van der Waals surface area contributed by atoms with E-state index in [2.05, 4.69) is 4.99 Å². The number of amides is 1. The molecule has 1 fully saturated rings. The molecule has 0 bridgehead atoms. The van der Waals surface area contributed by atoms with Crippen molar-refractivity contribution in [1.82, 2.24) is 4.90 Å². The molecule has 0 unspecified atom stereocenters. The van der Waals surface area contributed by atoms with Crippen LogP contribution in [-0.4, -0.2) is 49.8 Å². The fourth-order valence-electron chi connectivity index (χ4n) is 2.97. The molecule has 1 aliphatic heterocycles. The highest BCUT2D eigenvalue weighted by atomic mass is 32.2. The Morgan fingerprint density at radius 1 is 1.13 bits per heavy atom. The average molecular weight is 426 g/mol. The Balaban J connectivity index is 1.97. The molecule has 0 atom stereocenters. The number of methoxy groups -OCH3 is 3. The van der Waals surface area contributed by atoms with Crippen molar-refractivity contribution in [2.75, 3.05) is 27.9 Å². The van der Waals surface area contributed by atoms with E-state index >= 15 is 0 Å². The summed E-state index contributed by atoms with van der Waals surface area (Å²) >= 11 is 1.27. The lowest BCUT2D eigenvalue weighted by Crippen LogP contribution is -2.28. The van der Waals surface area contributed by atoms with Crippen LogP contribution in [0.5, 0.6) is 11.5 Å². The number of rotatable bonds is 6. The van der Waals surface area contributed by atoms with Crippen LogP contribution >= 0.6 is 11.8 Å². The number of nitrogens with zero attached hydrogens (tertiary/aromatic N) is 2. The molecule has 1 saturated heterocycles. The highest BCUT2D eigenvalue weighted by molar-refractivity contribution is 8.18. The molecule has 0 N–H and O–H groups in total. The quantitative estimate of drug-likeness (QED) is 0.511. The Bertz CT molecular complexity index is 1030. The standard InChI is InChI=1S/C22H22N2O5S/c1-5-24-20(25)18(13-14-8-7-11-17(27-2)19(14)28-3)30-22(24)23-16-10-6-9-15(12-16)21(26)29-4/h6-13H,5H2,1-4H3. The third-order valence-electron chi connectivity index (χ3n) is 4.42. The van der Waals surface area contributed by atoms with Gasteiger partial charge in [-0.05, 0) is 49.0 Å². The number of esters is 1. The first-order valence-corrected chi connectivity index (χ1v) is 10.0. The number of benzene rings is 2. The van der Waals surface area contributed by atoms with E-state index in [0.717, 1.165) is 5.56 Å². The van der Waals surface area contributed by atoms with Crippen molar-refractivity contribution in [2.24, 2.45) is 4.99 Å². The lowest BCUT2D eigenvalue weighted by molar-refractivity contribution is -0.122. The Kier molecular flexibility index (Phi) is 6.79. The maximum absolute atomic E-state index is 12.9. The van der Waals surface area contributed by atoms with Crippen LogP contribution in [0.1, 0.15) is 22.8 Å². The van der Waals surface area contributed by atoms with Crippen LogP contribution in [0.2, 0.25) is 0 Å². The van der Waals surface area contributed by atoms with E-state index < -0.39 is 5.97 Å². The van der Waals surface area contributed by atoms with Gasteiger partial charge in [0.1, 0.15) is 0 Å². The number of likely N-dealkylation sites (N-methyl/N-ethyl adjacent to an activating group) is 1. The summed E-state index contributed by atoms with van der Waals surface area (Å²) in [5.74, 6) is 0.559. The average Bonchev–Trinajstić information content (AvgIpc) is 3.06. The molecule has 156 valence electrons. The van der Waals surface area contributed by atoms with E-state index in [1.807, 2.05) is 19.1 Å². The van der Waals surface area contributed by atoms with Gasteiger partial charge in [0.25, 0.3) is 5.91 Å². The van der Waals surface area contributed by atoms with Crippen molar-refractivity contribution in [3.63, 3.8) is 0 Å². The molecular formula is C22H22N2O5S. The van der Waals surface area contributed by atoms with Gasteiger partial charge >= 0.3 is 5.97 Å². The van der Waals surface area contributed by atoms with Crippen molar-refractivity contribution in [3.05, 3.63) is 58.5 Å². The second kappa shape index (κ2) is 9.49. The van der Waals surface area contributed by atoms with Crippen molar-refractivity contribution >= 4 is 40.6 Å². The van der Waals surface area contributed by atoms with Gasteiger partial charge in [-0.25, -0.2) is 9.79 Å². The molecule has 0 radical (unpaired) electrons. The molecule has 7 nitrogen and oxygen atoms in total. The first-order valence-electron chi connectivity index (χ1n) is 9.21. The zero-order valence-electron chi connectivity index (χ0n) is 17.2. The molecule has 0 aliphatic carbocycles. The topological polar surface area (TPSA) is 77.4 Å². The molecule has 1 heterocycles. The van der Waals surface area contributed by atoms with Gasteiger partial charge in [-0.2, -0.15) is 0 Å². The number of hydrogen-bond donors (Lipinski definition) is 0. The zero-order valence-corrected chi connectivity index (χ0v) is 18.0. The van der Waals surface area contributed by atoms with Crippen molar-refractivity contribution in [3.8, 4) is 11.5 Å². The maximum atomic E-state index is 12.9. The number of thioether (sulfide) groups is 1. The number of aliphatic imine (C=N–C) groups is 1. The predicted molar refractivity (Wildman–Crippen MR) is 117 cm³/mol. The summed E-state index contributed by atoms with van der Waals surface area (Å²) in [7, 11) is 4.45. The highest BCUT2D eigenvalue weighted by Gasteiger charge is 2.32. The molecule has 3 rings (SSSR count). The van der Waals surface area contributed by atoms with Crippen LogP contribution < -0.4 is 9.47 Å². The van der Waals surface area contributed by atoms with Gasteiger partial charge in [0, 0.05) is 12.1 Å². The molecule has 2 aromatic carbocycles. The van der Waals surface area contributed by atoms with Crippen LogP contribution in [0, 0.1) is 0 Å². The van der Waals surface area contributed by atoms with Crippen LogP contribution in [-0.2, 0) is 9.53 Å². The summed E-state index contributed by atoms with van der Waals surface area (Å²) < 4.78 is 15.5. The van der Waals surface area contributed by atoms with Crippen LogP contribution in [0.25, 0.3) is 6.08 Å². The summed E-state index contributed by atoms with van der Waals surface area (Å²) in [6.07, 6.45) is 1.77. The fraction of sp³-hybridized carbons (Fsp3) is 0.227. The van der Waals surface area contributed by atoms with Gasteiger partial charge in [0.05, 0.1) is 37.5 Å². The van der Waals surface area contributed by atoms with Crippen molar-refractivity contribution in [2.45, 2.75) is 6.92 Å². The smallest absolute Gasteiger partial charge is 0.337 e. The van der Waals surface area contributed by atoms with Gasteiger partial charge in [-0.15, -0.1) is 0 Å². The Morgan fingerprint density at radius 3 is 2.57 bits per heavy atom. The summed E-state index contributed by atoms with van der Waals surface area (Å²) in [6, 6.07) is 12.3. The van der Waals surface area contributed by atoms with Crippen molar-refractivity contribution in [1.29, 1.82) is 0 Å². The predicted octanol–water partition coefficient (Wildman–Crippen LogP) is 4.11. The fourth-order valence-corrected chi connectivity index (χ4v) is 4.02. The molecule has 30 heavy (non-hydrogen) atoms. The maximum Gasteiger partial charge on any atom is 0.337 e. The largest absolute Gasteiger partial charge is 0.493 e. The summed E-state index contributed by atoms with van der Waals surface area (Å²) in [4.78, 5) is 31.4. The SMILES string of the molecule is CCN1C(=O)C(=Cc2cccc(OC)c2OC)SC1=Nc1cccc(C(=O)OC)c1. The minimum absolute atomic E-state index is 0.143. The second-order valence-corrected chi connectivity index (χ2v) is 7.19. The molecule has 0 spiro atoms. The van der Waals surface area contributed by atoms with Gasteiger partial charge in [0.2, 0.25) is 0 Å². The Hall–Kier alpha value is -3.26. The van der Waals surface area contributed by atoms with E-state index in [1.54, 1.807) is 55.5 Å². The molecule has 0 aromatic heterocycles. The number of hydrogen-bond acceptors (Lipinski definition) is 7. The molecule has 2 aromatic rings. The van der Waals surface area contributed by atoms with E-state index in [4.69, 9.17) is 14.2 Å². The number of ether oxygens (including phenoxy) is 3. The second-order valence-electron chi connectivity index (χ2n) is 6.18. The number of para-hydroxylation sites is 1. The molecular weight excluding hydrogens is 404 g/mol. The monoisotopic (exact) mass is 426 g/mol. The van der Waals surface area contributed by atoms with Gasteiger partial charge in [-0.1, -0.05) is 18.2 Å². The van der Waals surface area contributed by atoms with Gasteiger partial charge < -0.3 is 14.2 Å². The van der Waals surface area contributed by atoms with Crippen LogP contribution in [0.4, 0.5) is 5.69 Å². The van der Waals surface area contributed by atoms with Gasteiger partial charge in [-0.3, -0.25) is 9.69 Å². The molecule has 0 saturated carbocycles. The Labute approximate surface area is 179 Å². The van der Waals surface area contributed by atoms with E-state index in [-0.39, 0.29) is 5.91 Å². The molecule has 1 aliphatic rings. The number of carbonyl (C=O) groups is 2. The normalized spacial score (nSPS) is 16.3. The van der Waals surface area contributed by atoms with E-state index in [9.17, 15) is 9.59 Å². The van der Waals surface area contributed by atoms with E-state index in [1.165, 1.54) is 18.9 Å². The summed E-state index contributed by atoms with van der Waals surface area (Å²) in [5.41, 5.74) is 1.69. The minimum atomic E-state index is -0.440. The Morgan fingerprint density at radius 2 is 1.90 bits per heavy atom. The first kappa shape index (κ1) is 21.4. The van der Waals surface area contributed by atoms with Crippen molar-refractivity contribution < 1.29 is 23.8 Å². The third-order valence-corrected chi connectivity index (χ3v) is 5.42. The molecule has 1 amide bonds. The third kappa shape index (κ3) is 4.33. The highest BCUT2D eigenvalue weighted by Crippen LogP contribution is 2.38. The minimum Gasteiger partial charge on any atom is -0.493 e. The lowest BCUT2D eigenvalue weighted by atomic mass is 10.1. The molecule has 8 heteroatoms. The summed E-state index contributed by atoms with van der Waals surface area (Å²) in [5, 5.41) is 0.539. The zero-order chi connectivity index (χ0) is 21.7.